The number of hydrogen-bond donors (Lipinski definition) is 2. The largest absolute Gasteiger partial charge is 0.416 e. The first-order valence-corrected chi connectivity index (χ1v) is 5.67. The van der Waals surface area contributed by atoms with Crippen molar-refractivity contribution in [2.75, 3.05) is 17.7 Å². The molecule has 2 N–H and O–H groups in total. The summed E-state index contributed by atoms with van der Waals surface area (Å²) in [5, 5.41) is 5.41. The van der Waals surface area contributed by atoms with Gasteiger partial charge in [0.25, 0.3) is 0 Å². The van der Waals surface area contributed by atoms with Gasteiger partial charge >= 0.3 is 6.18 Å². The molecule has 2 rings (SSSR count). The van der Waals surface area contributed by atoms with Gasteiger partial charge in [-0.15, -0.1) is 0 Å². The van der Waals surface area contributed by atoms with E-state index in [0.717, 1.165) is 12.1 Å². The van der Waals surface area contributed by atoms with Crippen molar-refractivity contribution in [2.24, 2.45) is 0 Å². The van der Waals surface area contributed by atoms with Gasteiger partial charge in [0.15, 0.2) is 0 Å². The van der Waals surface area contributed by atoms with Crippen LogP contribution in [0.1, 0.15) is 5.56 Å². The molecule has 20 heavy (non-hydrogen) atoms. The van der Waals surface area contributed by atoms with Crippen molar-refractivity contribution < 1.29 is 17.6 Å². The summed E-state index contributed by atoms with van der Waals surface area (Å²) in [4.78, 5) is 3.88. The minimum atomic E-state index is -4.52. The van der Waals surface area contributed by atoms with Crippen molar-refractivity contribution in [3.05, 3.63) is 48.0 Å². The lowest BCUT2D eigenvalue weighted by atomic mass is 10.2. The van der Waals surface area contributed by atoms with E-state index in [1.54, 1.807) is 13.1 Å². The Morgan fingerprint density at radius 1 is 1.05 bits per heavy atom. The molecule has 0 amide bonds. The zero-order valence-electron chi connectivity index (χ0n) is 10.4. The highest BCUT2D eigenvalue weighted by Crippen LogP contribution is 2.32. The molecule has 0 spiro atoms. The Bertz CT molecular complexity index is 611. The minimum absolute atomic E-state index is 0.255. The van der Waals surface area contributed by atoms with Gasteiger partial charge in [-0.3, -0.25) is 4.98 Å². The summed E-state index contributed by atoms with van der Waals surface area (Å²) in [5.41, 5.74) is -0.133. The summed E-state index contributed by atoms with van der Waals surface area (Å²) in [6.07, 6.45) is -1.59. The molecule has 0 aliphatic rings. The molecule has 1 heterocycles. The third kappa shape index (κ3) is 3.17. The number of alkyl halides is 3. The van der Waals surface area contributed by atoms with Crippen LogP contribution in [0, 0.1) is 5.82 Å². The molecular formula is C13H11F4N3. The molecule has 1 aromatic heterocycles. The second-order valence-corrected chi connectivity index (χ2v) is 4.03. The lowest BCUT2D eigenvalue weighted by Crippen LogP contribution is -2.06. The summed E-state index contributed by atoms with van der Waals surface area (Å²) in [6.45, 7) is 0. The average Bonchev–Trinajstić information content (AvgIpc) is 2.40. The van der Waals surface area contributed by atoms with E-state index in [1.165, 1.54) is 12.4 Å². The van der Waals surface area contributed by atoms with E-state index in [9.17, 15) is 17.6 Å². The molecule has 0 unspecified atom stereocenters. The van der Waals surface area contributed by atoms with Crippen molar-refractivity contribution in [1.29, 1.82) is 0 Å². The molecule has 0 aliphatic carbocycles. The van der Waals surface area contributed by atoms with Crippen molar-refractivity contribution in [1.82, 2.24) is 4.98 Å². The van der Waals surface area contributed by atoms with Gasteiger partial charge in [-0.25, -0.2) is 4.39 Å². The maximum atomic E-state index is 13.6. The van der Waals surface area contributed by atoms with Crippen LogP contribution in [0.3, 0.4) is 0 Å². The Labute approximate surface area is 112 Å². The smallest absolute Gasteiger partial charge is 0.387 e. The molecule has 0 radical (unpaired) electrons. The van der Waals surface area contributed by atoms with Crippen LogP contribution in [0.5, 0.6) is 0 Å². The van der Waals surface area contributed by atoms with Crippen molar-refractivity contribution in [3.8, 4) is 0 Å². The Hall–Kier alpha value is -2.31. The topological polar surface area (TPSA) is 37.0 Å². The van der Waals surface area contributed by atoms with E-state index >= 15 is 0 Å². The number of rotatable bonds is 3. The molecule has 0 fully saturated rings. The third-order valence-electron chi connectivity index (χ3n) is 2.60. The molecule has 2 aromatic rings. The van der Waals surface area contributed by atoms with Gasteiger partial charge in [-0.1, -0.05) is 0 Å². The van der Waals surface area contributed by atoms with Crippen LogP contribution in [0.2, 0.25) is 0 Å². The van der Waals surface area contributed by atoms with Crippen LogP contribution in [-0.4, -0.2) is 12.0 Å². The molecular weight excluding hydrogens is 274 g/mol. The molecule has 0 aliphatic heterocycles. The molecule has 7 heteroatoms. The standard InChI is InChI=1S/C13H11F4N3/c1-18-9-5-10(7-19-6-9)20-12-4-8(13(15,16)17)2-3-11(12)14/h2-7,18,20H,1H3. The van der Waals surface area contributed by atoms with Crippen LogP contribution in [0.15, 0.2) is 36.7 Å². The molecule has 106 valence electrons. The van der Waals surface area contributed by atoms with Crippen LogP contribution in [0.4, 0.5) is 34.6 Å². The van der Waals surface area contributed by atoms with Gasteiger partial charge in [0.05, 0.1) is 35.0 Å². The maximum Gasteiger partial charge on any atom is 0.416 e. The number of nitrogens with zero attached hydrogens (tertiary/aromatic N) is 1. The zero-order valence-corrected chi connectivity index (χ0v) is 10.4. The minimum Gasteiger partial charge on any atom is -0.387 e. The number of pyridine rings is 1. The van der Waals surface area contributed by atoms with Gasteiger partial charge in [-0.05, 0) is 24.3 Å². The van der Waals surface area contributed by atoms with Crippen molar-refractivity contribution in [3.63, 3.8) is 0 Å². The number of hydrogen-bond acceptors (Lipinski definition) is 3. The van der Waals surface area contributed by atoms with Gasteiger partial charge in [0.1, 0.15) is 5.82 Å². The molecule has 3 nitrogen and oxygen atoms in total. The summed E-state index contributed by atoms with van der Waals surface area (Å²) in [5.74, 6) is -0.770. The SMILES string of the molecule is CNc1cncc(Nc2cc(C(F)(F)F)ccc2F)c1. The summed E-state index contributed by atoms with van der Waals surface area (Å²) in [7, 11) is 1.67. The Morgan fingerprint density at radius 3 is 2.40 bits per heavy atom. The summed E-state index contributed by atoms with van der Waals surface area (Å²) in [6, 6.07) is 3.80. The fourth-order valence-electron chi connectivity index (χ4n) is 1.60. The number of nitrogens with one attached hydrogen (secondary N) is 2. The van der Waals surface area contributed by atoms with Crippen LogP contribution in [0.25, 0.3) is 0 Å². The monoisotopic (exact) mass is 285 g/mol. The predicted octanol–water partition coefficient (Wildman–Crippen LogP) is 4.02. The average molecular weight is 285 g/mol. The van der Waals surface area contributed by atoms with E-state index in [0.29, 0.717) is 17.4 Å². The summed E-state index contributed by atoms with van der Waals surface area (Å²) >= 11 is 0. The first kappa shape index (κ1) is 14.1. The molecule has 0 saturated heterocycles. The lowest BCUT2D eigenvalue weighted by Gasteiger charge is -2.12. The highest BCUT2D eigenvalue weighted by atomic mass is 19.4. The maximum absolute atomic E-state index is 13.6. The quantitative estimate of drug-likeness (QED) is 0.836. The highest BCUT2D eigenvalue weighted by Gasteiger charge is 2.31. The van der Waals surface area contributed by atoms with Crippen LogP contribution >= 0.6 is 0 Å². The predicted molar refractivity (Wildman–Crippen MR) is 68.5 cm³/mol. The fourth-order valence-corrected chi connectivity index (χ4v) is 1.60. The first-order valence-electron chi connectivity index (χ1n) is 5.67. The third-order valence-corrected chi connectivity index (χ3v) is 2.60. The highest BCUT2D eigenvalue weighted by molar-refractivity contribution is 5.64. The van der Waals surface area contributed by atoms with E-state index < -0.39 is 17.6 Å². The summed E-state index contributed by atoms with van der Waals surface area (Å²) < 4.78 is 51.3. The van der Waals surface area contributed by atoms with E-state index in [1.807, 2.05) is 0 Å². The number of benzene rings is 1. The van der Waals surface area contributed by atoms with Crippen LogP contribution in [-0.2, 0) is 6.18 Å². The Kier molecular flexibility index (Phi) is 3.78. The van der Waals surface area contributed by atoms with Gasteiger partial charge in [0.2, 0.25) is 0 Å². The molecule has 0 saturated carbocycles. The number of aromatic nitrogens is 1. The molecule has 1 aromatic carbocycles. The van der Waals surface area contributed by atoms with E-state index in [2.05, 4.69) is 15.6 Å². The van der Waals surface area contributed by atoms with Crippen LogP contribution < -0.4 is 10.6 Å². The van der Waals surface area contributed by atoms with E-state index in [-0.39, 0.29) is 5.69 Å². The normalized spacial score (nSPS) is 11.2. The Balaban J connectivity index is 2.32. The van der Waals surface area contributed by atoms with Gasteiger partial charge < -0.3 is 10.6 Å². The molecule has 0 bridgehead atoms. The second-order valence-electron chi connectivity index (χ2n) is 4.03. The van der Waals surface area contributed by atoms with Crippen molar-refractivity contribution >= 4 is 17.1 Å². The zero-order chi connectivity index (χ0) is 14.8. The second kappa shape index (κ2) is 5.36. The fraction of sp³-hybridized carbons (Fsp3) is 0.154. The number of halogens is 4. The Morgan fingerprint density at radius 2 is 1.75 bits per heavy atom. The first-order chi connectivity index (χ1) is 9.40. The van der Waals surface area contributed by atoms with Crippen molar-refractivity contribution in [2.45, 2.75) is 6.18 Å². The molecule has 0 atom stereocenters. The number of anilines is 3. The van der Waals surface area contributed by atoms with Gasteiger partial charge in [-0.2, -0.15) is 13.2 Å². The van der Waals surface area contributed by atoms with Gasteiger partial charge in [0, 0.05) is 7.05 Å². The lowest BCUT2D eigenvalue weighted by molar-refractivity contribution is -0.137. The van der Waals surface area contributed by atoms with E-state index in [4.69, 9.17) is 0 Å².